The molecule has 0 bridgehead atoms. The summed E-state index contributed by atoms with van der Waals surface area (Å²) < 4.78 is 5.45. The number of aliphatic hydroxyl groups excluding tert-OH is 1. The normalized spacial score (nSPS) is 19.4. The standard InChI is InChI=1S/C14H28N2O3/c1-3-14(4-2,7-8-17)11-16-13(18)15-10-12-6-5-9-19-12/h12,17H,3-11H2,1-2H3,(H2,15,16,18). The maximum atomic E-state index is 11.7. The quantitative estimate of drug-likeness (QED) is 0.629. The topological polar surface area (TPSA) is 70.6 Å². The number of ether oxygens (including phenoxy) is 1. The van der Waals surface area contributed by atoms with E-state index in [1.807, 2.05) is 0 Å². The molecule has 1 unspecified atom stereocenters. The first kappa shape index (κ1) is 16.2. The minimum absolute atomic E-state index is 0.00987. The highest BCUT2D eigenvalue weighted by atomic mass is 16.5. The third-order valence-corrected chi connectivity index (χ3v) is 4.28. The van der Waals surface area contributed by atoms with Gasteiger partial charge < -0.3 is 20.5 Å². The predicted molar refractivity (Wildman–Crippen MR) is 75.1 cm³/mol. The first-order valence-electron chi connectivity index (χ1n) is 7.40. The SMILES string of the molecule is CCC(CC)(CCO)CNC(=O)NCC1CCCO1. The van der Waals surface area contributed by atoms with Crippen LogP contribution in [0.25, 0.3) is 0 Å². The van der Waals surface area contributed by atoms with E-state index in [9.17, 15) is 4.79 Å². The molecule has 3 N–H and O–H groups in total. The van der Waals surface area contributed by atoms with Gasteiger partial charge in [0.15, 0.2) is 0 Å². The molecule has 0 radical (unpaired) electrons. The second-order valence-corrected chi connectivity index (χ2v) is 5.38. The van der Waals surface area contributed by atoms with Crippen molar-refractivity contribution < 1.29 is 14.6 Å². The van der Waals surface area contributed by atoms with Crippen LogP contribution in [0.3, 0.4) is 0 Å². The largest absolute Gasteiger partial charge is 0.396 e. The van der Waals surface area contributed by atoms with Crippen LogP contribution in [0.4, 0.5) is 4.79 Å². The Balaban J connectivity index is 2.26. The van der Waals surface area contributed by atoms with Crippen molar-refractivity contribution in [2.24, 2.45) is 5.41 Å². The molecule has 112 valence electrons. The zero-order chi connectivity index (χ0) is 14.1. The van der Waals surface area contributed by atoms with Crippen molar-refractivity contribution >= 4 is 6.03 Å². The summed E-state index contributed by atoms with van der Waals surface area (Å²) in [4.78, 5) is 11.7. The van der Waals surface area contributed by atoms with E-state index in [2.05, 4.69) is 24.5 Å². The van der Waals surface area contributed by atoms with Gasteiger partial charge in [0.2, 0.25) is 0 Å². The molecule has 19 heavy (non-hydrogen) atoms. The molecule has 1 aliphatic heterocycles. The highest BCUT2D eigenvalue weighted by Crippen LogP contribution is 2.29. The van der Waals surface area contributed by atoms with Gasteiger partial charge in [-0.25, -0.2) is 4.79 Å². The van der Waals surface area contributed by atoms with Crippen LogP contribution in [0.1, 0.15) is 46.0 Å². The van der Waals surface area contributed by atoms with Gasteiger partial charge in [0.25, 0.3) is 0 Å². The second kappa shape index (κ2) is 8.38. The maximum Gasteiger partial charge on any atom is 0.314 e. The summed E-state index contributed by atoms with van der Waals surface area (Å²) in [5.74, 6) is 0. The van der Waals surface area contributed by atoms with Crippen molar-refractivity contribution in [1.82, 2.24) is 10.6 Å². The maximum absolute atomic E-state index is 11.7. The van der Waals surface area contributed by atoms with Gasteiger partial charge in [-0.2, -0.15) is 0 Å². The van der Waals surface area contributed by atoms with Gasteiger partial charge in [0.05, 0.1) is 6.10 Å². The van der Waals surface area contributed by atoms with Crippen molar-refractivity contribution in [3.8, 4) is 0 Å². The van der Waals surface area contributed by atoms with Crippen LogP contribution in [0.15, 0.2) is 0 Å². The Morgan fingerprint density at radius 2 is 2.11 bits per heavy atom. The molecule has 0 spiro atoms. The Hall–Kier alpha value is -0.810. The molecule has 1 aliphatic rings. The summed E-state index contributed by atoms with van der Waals surface area (Å²) in [7, 11) is 0. The Morgan fingerprint density at radius 3 is 2.63 bits per heavy atom. The summed E-state index contributed by atoms with van der Waals surface area (Å²) in [5.41, 5.74) is 0.00987. The van der Waals surface area contributed by atoms with Crippen LogP contribution in [0.5, 0.6) is 0 Å². The molecule has 0 aliphatic carbocycles. The van der Waals surface area contributed by atoms with Gasteiger partial charge in [0.1, 0.15) is 0 Å². The lowest BCUT2D eigenvalue weighted by molar-refractivity contribution is 0.111. The molecule has 0 saturated carbocycles. The molecule has 0 aromatic rings. The molecule has 5 nitrogen and oxygen atoms in total. The van der Waals surface area contributed by atoms with Crippen LogP contribution >= 0.6 is 0 Å². The number of urea groups is 1. The molecule has 1 rings (SSSR count). The van der Waals surface area contributed by atoms with Crippen molar-refractivity contribution in [2.45, 2.75) is 52.1 Å². The molecule has 0 aromatic carbocycles. The van der Waals surface area contributed by atoms with Gasteiger partial charge in [-0.15, -0.1) is 0 Å². The minimum Gasteiger partial charge on any atom is -0.396 e. The highest BCUT2D eigenvalue weighted by Gasteiger charge is 2.26. The number of carbonyl (C=O) groups excluding carboxylic acids is 1. The number of hydrogen-bond donors (Lipinski definition) is 3. The van der Waals surface area contributed by atoms with Crippen molar-refractivity contribution in [1.29, 1.82) is 0 Å². The van der Waals surface area contributed by atoms with E-state index in [0.717, 1.165) is 38.7 Å². The van der Waals surface area contributed by atoms with E-state index in [1.165, 1.54) is 0 Å². The minimum atomic E-state index is -0.139. The molecule has 0 aromatic heterocycles. The Bertz CT molecular complexity index is 261. The predicted octanol–water partition coefficient (Wildman–Crippen LogP) is 1.65. The fourth-order valence-corrected chi connectivity index (χ4v) is 2.52. The molecular formula is C14H28N2O3. The number of carbonyl (C=O) groups is 1. The van der Waals surface area contributed by atoms with E-state index < -0.39 is 0 Å². The summed E-state index contributed by atoms with van der Waals surface area (Å²) >= 11 is 0. The summed E-state index contributed by atoms with van der Waals surface area (Å²) in [6, 6.07) is -0.139. The van der Waals surface area contributed by atoms with Crippen LogP contribution < -0.4 is 10.6 Å². The number of nitrogens with one attached hydrogen (secondary N) is 2. The molecule has 1 fully saturated rings. The first-order chi connectivity index (χ1) is 9.15. The van der Waals surface area contributed by atoms with Crippen LogP contribution in [0.2, 0.25) is 0 Å². The Morgan fingerprint density at radius 1 is 1.37 bits per heavy atom. The van der Waals surface area contributed by atoms with Crippen LogP contribution in [0, 0.1) is 5.41 Å². The van der Waals surface area contributed by atoms with Crippen molar-refractivity contribution in [3.05, 3.63) is 0 Å². The summed E-state index contributed by atoms with van der Waals surface area (Å²) in [6.07, 6.45) is 4.92. The lowest BCUT2D eigenvalue weighted by atomic mass is 9.79. The van der Waals surface area contributed by atoms with Crippen molar-refractivity contribution in [2.75, 3.05) is 26.3 Å². The molecular weight excluding hydrogens is 244 g/mol. The molecule has 1 saturated heterocycles. The first-order valence-corrected chi connectivity index (χ1v) is 7.40. The zero-order valence-electron chi connectivity index (χ0n) is 12.2. The summed E-state index contributed by atoms with van der Waals surface area (Å²) in [5, 5.41) is 14.9. The van der Waals surface area contributed by atoms with E-state index in [4.69, 9.17) is 9.84 Å². The number of amides is 2. The van der Waals surface area contributed by atoms with E-state index in [-0.39, 0.29) is 24.2 Å². The van der Waals surface area contributed by atoms with Crippen LogP contribution in [-0.4, -0.2) is 43.5 Å². The van der Waals surface area contributed by atoms with Crippen LogP contribution in [-0.2, 0) is 4.74 Å². The average molecular weight is 272 g/mol. The van der Waals surface area contributed by atoms with Gasteiger partial charge in [-0.1, -0.05) is 13.8 Å². The van der Waals surface area contributed by atoms with E-state index in [0.29, 0.717) is 13.1 Å². The molecule has 1 atom stereocenters. The van der Waals surface area contributed by atoms with Gasteiger partial charge in [-0.05, 0) is 37.5 Å². The lowest BCUT2D eigenvalue weighted by Crippen LogP contribution is -2.44. The monoisotopic (exact) mass is 272 g/mol. The van der Waals surface area contributed by atoms with Gasteiger partial charge in [-0.3, -0.25) is 0 Å². The number of rotatable bonds is 8. The fraction of sp³-hybridized carbons (Fsp3) is 0.929. The fourth-order valence-electron chi connectivity index (χ4n) is 2.52. The smallest absolute Gasteiger partial charge is 0.314 e. The van der Waals surface area contributed by atoms with Gasteiger partial charge >= 0.3 is 6.03 Å². The Labute approximate surface area is 116 Å². The van der Waals surface area contributed by atoms with Gasteiger partial charge in [0, 0.05) is 26.3 Å². The van der Waals surface area contributed by atoms with E-state index in [1.54, 1.807) is 0 Å². The second-order valence-electron chi connectivity index (χ2n) is 5.38. The molecule has 1 heterocycles. The third kappa shape index (κ3) is 5.37. The number of aliphatic hydroxyl groups is 1. The van der Waals surface area contributed by atoms with E-state index >= 15 is 0 Å². The highest BCUT2D eigenvalue weighted by molar-refractivity contribution is 5.73. The average Bonchev–Trinajstić information content (AvgIpc) is 2.94. The molecule has 2 amide bonds. The molecule has 5 heteroatoms. The zero-order valence-corrected chi connectivity index (χ0v) is 12.2. The number of hydrogen-bond acceptors (Lipinski definition) is 3. The van der Waals surface area contributed by atoms with Crippen molar-refractivity contribution in [3.63, 3.8) is 0 Å². The Kier molecular flexibility index (Phi) is 7.16. The summed E-state index contributed by atoms with van der Waals surface area (Å²) in [6.45, 7) is 6.37. The lowest BCUT2D eigenvalue weighted by Gasteiger charge is -2.31. The third-order valence-electron chi connectivity index (χ3n) is 4.28.